The van der Waals surface area contributed by atoms with E-state index in [1.807, 2.05) is 136 Å². The Morgan fingerprint density at radius 2 is 0.755 bits per heavy atom. The fraction of sp³-hybridized carbons (Fsp3) is 0.337. The van der Waals surface area contributed by atoms with Gasteiger partial charge in [0.15, 0.2) is 0 Å². The topological polar surface area (TPSA) is 154 Å². The smallest absolute Gasteiger partial charge is 0.337 e. The molecule has 0 aromatic heterocycles. The Labute approximate surface area is 567 Å². The number of aryl methyl sites for hydroxylation is 5. The lowest BCUT2D eigenvalue weighted by atomic mass is 9.85. The van der Waals surface area contributed by atoms with Gasteiger partial charge in [0.1, 0.15) is 0 Å². The Morgan fingerprint density at radius 1 is 0.404 bits per heavy atom. The molecule has 10 nitrogen and oxygen atoms in total. The quantitative estimate of drug-likeness (QED) is 0.0512. The monoisotopic (exact) mass is 1320 g/mol. The van der Waals surface area contributed by atoms with Crippen molar-refractivity contribution in [1.82, 2.24) is 0 Å². The fourth-order valence-electron chi connectivity index (χ4n) is 12.7. The Morgan fingerprint density at radius 3 is 1.18 bits per heavy atom. The number of rotatable bonds is 20. The first kappa shape index (κ1) is 71.2. The lowest BCUT2D eigenvalue weighted by molar-refractivity contribution is 0.0697. The van der Waals surface area contributed by atoms with Crippen LogP contribution in [0.2, 0.25) is 0 Å². The van der Waals surface area contributed by atoms with E-state index in [4.69, 9.17) is 0 Å². The van der Waals surface area contributed by atoms with E-state index in [9.17, 15) is 29.1 Å². The van der Waals surface area contributed by atoms with Crippen LogP contribution in [0.5, 0.6) is 0 Å². The molecule has 4 amide bonds. The maximum atomic E-state index is 12.4. The number of amides is 4. The van der Waals surface area contributed by atoms with E-state index in [0.29, 0.717) is 27.9 Å². The number of nitrogens with one attached hydrogen (secondary N) is 4. The Hall–Kier alpha value is -8.67. The van der Waals surface area contributed by atoms with Crippen molar-refractivity contribution in [2.45, 2.75) is 162 Å². The average molecular weight is 1320 g/mol. The van der Waals surface area contributed by atoms with Crippen molar-refractivity contribution in [3.63, 3.8) is 0 Å². The zero-order valence-electron chi connectivity index (χ0n) is 55.3. The number of benzene rings is 8. The average Bonchev–Trinajstić information content (AvgIpc) is 2.19. The molecule has 0 spiro atoms. The molecule has 3 aliphatic rings. The molecule has 11 heteroatoms. The van der Waals surface area contributed by atoms with E-state index in [-0.39, 0.29) is 29.2 Å². The number of hydrogen-bond donors (Lipinski definition) is 5. The van der Waals surface area contributed by atoms with Gasteiger partial charge in [-0.1, -0.05) is 246 Å². The number of carbonyl (C=O) groups is 5. The first-order valence-electron chi connectivity index (χ1n) is 34.2. The van der Waals surface area contributed by atoms with Crippen LogP contribution in [-0.4, -0.2) is 34.7 Å². The second kappa shape index (κ2) is 38.5. The van der Waals surface area contributed by atoms with E-state index in [0.717, 1.165) is 86.4 Å². The van der Waals surface area contributed by atoms with Crippen molar-refractivity contribution in [2.75, 3.05) is 21.3 Å². The summed E-state index contributed by atoms with van der Waals surface area (Å²) in [6, 6.07) is 60.6. The van der Waals surface area contributed by atoms with Crippen molar-refractivity contribution in [2.24, 2.45) is 17.8 Å². The minimum atomic E-state index is -1.04. The summed E-state index contributed by atoms with van der Waals surface area (Å²) in [5.41, 5.74) is 12.4. The maximum absolute atomic E-state index is 12.4. The van der Waals surface area contributed by atoms with E-state index in [1.165, 1.54) is 128 Å². The molecule has 3 saturated carbocycles. The van der Waals surface area contributed by atoms with Crippen LogP contribution in [0.15, 0.2) is 205 Å². The Balaban J connectivity index is 0.000000163. The van der Waals surface area contributed by atoms with Crippen molar-refractivity contribution in [1.29, 1.82) is 0 Å². The van der Waals surface area contributed by atoms with Crippen molar-refractivity contribution < 1.29 is 29.1 Å². The molecule has 94 heavy (non-hydrogen) atoms. The van der Waals surface area contributed by atoms with Gasteiger partial charge in [-0.05, 0) is 189 Å². The molecule has 490 valence electrons. The highest BCUT2D eigenvalue weighted by Crippen LogP contribution is 2.32. The largest absolute Gasteiger partial charge is 0.478 e. The third-order valence-corrected chi connectivity index (χ3v) is 18.8. The Kier molecular flexibility index (Phi) is 29.2. The molecular formula is C83H95BrN4O6. The van der Waals surface area contributed by atoms with Crippen LogP contribution in [0, 0.1) is 38.5 Å². The summed E-state index contributed by atoms with van der Waals surface area (Å²) in [4.78, 5) is 60.6. The lowest BCUT2D eigenvalue weighted by Crippen LogP contribution is -2.15. The molecule has 8 aromatic carbocycles. The second-order valence-corrected chi connectivity index (χ2v) is 26.5. The number of carboxylic acids is 1. The van der Waals surface area contributed by atoms with E-state index >= 15 is 0 Å². The summed E-state index contributed by atoms with van der Waals surface area (Å²) in [6.45, 7) is 6.04. The van der Waals surface area contributed by atoms with Crippen LogP contribution >= 0.6 is 15.9 Å². The molecule has 0 heterocycles. The van der Waals surface area contributed by atoms with Gasteiger partial charge in [0, 0.05) is 43.8 Å². The van der Waals surface area contributed by atoms with Crippen molar-refractivity contribution >= 4 is 74.4 Å². The Bertz CT molecular complexity index is 3710. The first-order valence-corrected chi connectivity index (χ1v) is 35.0. The molecule has 3 fully saturated rings. The van der Waals surface area contributed by atoms with Gasteiger partial charge in [-0.25, -0.2) is 4.79 Å². The zero-order valence-corrected chi connectivity index (χ0v) is 56.9. The summed E-state index contributed by atoms with van der Waals surface area (Å²) in [5, 5.41) is 21.2. The highest BCUT2D eigenvalue weighted by molar-refractivity contribution is 9.10. The van der Waals surface area contributed by atoms with Crippen molar-refractivity contribution in [3.05, 3.63) is 266 Å². The molecule has 0 aliphatic heterocycles. The summed E-state index contributed by atoms with van der Waals surface area (Å²) in [7, 11) is 0. The molecular weight excluding hydrogens is 1230 g/mol. The molecule has 11 rings (SSSR count). The maximum Gasteiger partial charge on any atom is 0.337 e. The number of carboxylic acid groups (broad SMARTS) is 1. The summed E-state index contributed by atoms with van der Waals surface area (Å²) < 4.78 is 0.950. The summed E-state index contributed by atoms with van der Waals surface area (Å²) >= 11 is 3.39. The SMILES string of the molecule is Cc1ccc(/C=C/CC2CCCCC2)cc1NC(=O)c1ccccc1.Cc1ccc(Br)cc1NC(=O)c1ccccc1.Cc1ccc(CCCC2CCCCC2)cc1NC(=O)c1ccccc1.O=C(Nc1cc(CCCC2CCCCC2)ccc1C(=O)O)c1ccccc1. The molecule has 0 saturated heterocycles. The van der Waals surface area contributed by atoms with E-state index in [2.05, 4.69) is 85.7 Å². The number of carbonyl (C=O) groups excluding carboxylic acids is 4. The van der Waals surface area contributed by atoms with E-state index in [1.54, 1.807) is 42.5 Å². The first-order chi connectivity index (χ1) is 45.7. The highest BCUT2D eigenvalue weighted by Gasteiger charge is 2.19. The third kappa shape index (κ3) is 24.0. The predicted octanol–water partition coefficient (Wildman–Crippen LogP) is 21.9. The van der Waals surface area contributed by atoms with Gasteiger partial charge in [0.05, 0.1) is 11.3 Å². The molecule has 3 aliphatic carbocycles. The fourth-order valence-corrected chi connectivity index (χ4v) is 13.1. The highest BCUT2D eigenvalue weighted by atomic mass is 79.9. The van der Waals surface area contributed by atoms with Gasteiger partial charge < -0.3 is 26.4 Å². The number of anilines is 4. The lowest BCUT2D eigenvalue weighted by Gasteiger charge is -2.21. The van der Waals surface area contributed by atoms with Gasteiger partial charge in [0.2, 0.25) is 0 Å². The molecule has 0 bridgehead atoms. The number of hydrogen-bond acceptors (Lipinski definition) is 5. The number of halogens is 1. The standard InChI is InChI=1S/C23H27NO3.C23H29NO.C23H27NO.C14H12BrNO/c25-22(19-12-5-2-6-13-19)24-21-16-18(14-15-20(21)23(26)27)11-7-10-17-8-3-1-4-9-17;2*1-18-15-16-20(12-8-11-19-9-4-2-5-10-19)17-22(18)24-23(25)21-13-6-3-7-14-21;1-10-7-8-12(15)9-13(10)16-14(17)11-5-3-2-4-6-11/h2,5-6,12-17H,1,3-4,7-11H2,(H,24,25)(H,26,27);3,6-7,13-17,19H,2,4-5,8-12H2,1H3,(H,24,25);3,6-8,12-17,19H,2,4-5,9-11H2,1H3,(H,24,25);2-9H,1H3,(H,16,17)/b;;12-8+;. The molecule has 5 N–H and O–H groups in total. The van der Waals surface area contributed by atoms with Crippen LogP contribution in [0.4, 0.5) is 22.7 Å². The molecule has 0 radical (unpaired) electrons. The van der Waals surface area contributed by atoms with Crippen molar-refractivity contribution in [3.8, 4) is 0 Å². The molecule has 0 unspecified atom stereocenters. The summed E-state index contributed by atoms with van der Waals surface area (Å²) in [6.07, 6.45) is 33.4. The minimum Gasteiger partial charge on any atom is -0.478 e. The van der Waals surface area contributed by atoms with Gasteiger partial charge >= 0.3 is 5.97 Å². The van der Waals surface area contributed by atoms with Gasteiger partial charge in [0.25, 0.3) is 23.6 Å². The number of aromatic carboxylic acids is 1. The van der Waals surface area contributed by atoms with Gasteiger partial charge in [-0.15, -0.1) is 0 Å². The zero-order chi connectivity index (χ0) is 66.3. The van der Waals surface area contributed by atoms with E-state index < -0.39 is 5.97 Å². The van der Waals surface area contributed by atoms with Crippen LogP contribution in [0.25, 0.3) is 6.08 Å². The second-order valence-electron chi connectivity index (χ2n) is 25.6. The number of allylic oxidation sites excluding steroid dienone is 1. The normalized spacial score (nSPS) is 14.1. The van der Waals surface area contributed by atoms with Crippen LogP contribution in [-0.2, 0) is 12.8 Å². The van der Waals surface area contributed by atoms with Gasteiger partial charge in [-0.2, -0.15) is 0 Å². The molecule has 0 atom stereocenters. The van der Waals surface area contributed by atoms with Crippen LogP contribution < -0.4 is 21.3 Å². The van der Waals surface area contributed by atoms with Crippen LogP contribution in [0.1, 0.15) is 214 Å². The molecule has 8 aromatic rings. The third-order valence-electron chi connectivity index (χ3n) is 18.3. The predicted molar refractivity (Wildman–Crippen MR) is 391 cm³/mol. The van der Waals surface area contributed by atoms with Gasteiger partial charge in [-0.3, -0.25) is 19.2 Å². The minimum absolute atomic E-state index is 0.0388. The summed E-state index contributed by atoms with van der Waals surface area (Å²) in [5.74, 6) is 1.12. The van der Waals surface area contributed by atoms with Crippen LogP contribution in [0.3, 0.4) is 0 Å².